The van der Waals surface area contributed by atoms with Crippen molar-refractivity contribution >= 4 is 11.9 Å². The highest BCUT2D eigenvalue weighted by Gasteiger charge is 2.37. The molecule has 4 rings (SSSR count). The van der Waals surface area contributed by atoms with Crippen molar-refractivity contribution in [3.63, 3.8) is 0 Å². The normalized spacial score (nSPS) is 18.9. The summed E-state index contributed by atoms with van der Waals surface area (Å²) >= 11 is 0. The number of ether oxygens (including phenoxy) is 2. The van der Waals surface area contributed by atoms with E-state index < -0.39 is 12.6 Å². The Morgan fingerprint density at radius 3 is 2.44 bits per heavy atom. The number of para-hydroxylation sites is 1. The van der Waals surface area contributed by atoms with Crippen molar-refractivity contribution in [2.45, 2.75) is 45.1 Å². The Balaban J connectivity index is 1.45. The van der Waals surface area contributed by atoms with Gasteiger partial charge in [0.15, 0.2) is 0 Å². The largest absolute Gasteiger partial charge is 0.492 e. The van der Waals surface area contributed by atoms with Gasteiger partial charge in [-0.15, -0.1) is 0 Å². The Morgan fingerprint density at radius 2 is 1.67 bits per heavy atom. The van der Waals surface area contributed by atoms with Gasteiger partial charge in [0.05, 0.1) is 0 Å². The Labute approximate surface area is 214 Å². The van der Waals surface area contributed by atoms with E-state index in [1.165, 1.54) is 11.1 Å². The third kappa shape index (κ3) is 7.55. The molecule has 0 atom stereocenters. The molecule has 36 heavy (non-hydrogen) atoms. The van der Waals surface area contributed by atoms with Crippen LogP contribution in [0.3, 0.4) is 0 Å². The molecule has 0 aliphatic carbocycles. The zero-order valence-corrected chi connectivity index (χ0v) is 21.1. The highest BCUT2D eigenvalue weighted by molar-refractivity contribution is 5.78. The van der Waals surface area contributed by atoms with Gasteiger partial charge in [-0.3, -0.25) is 9.69 Å². The average molecular weight is 495 g/mol. The van der Waals surface area contributed by atoms with Gasteiger partial charge >= 0.3 is 5.97 Å². The van der Waals surface area contributed by atoms with E-state index in [2.05, 4.69) is 47.4 Å². The molecule has 1 spiro atoms. The van der Waals surface area contributed by atoms with Gasteiger partial charge in [-0.2, -0.15) is 0 Å². The van der Waals surface area contributed by atoms with Gasteiger partial charge in [0.2, 0.25) is 5.91 Å². The fraction of sp³-hybridized carbons (Fsp3) is 0.517. The van der Waals surface area contributed by atoms with E-state index in [-0.39, 0.29) is 17.9 Å². The van der Waals surface area contributed by atoms with Crippen LogP contribution in [0.1, 0.15) is 43.2 Å². The number of aryl methyl sites for hydroxylation is 1. The van der Waals surface area contributed by atoms with E-state index >= 15 is 0 Å². The lowest BCUT2D eigenvalue weighted by atomic mass is 9.73. The van der Waals surface area contributed by atoms with Crippen LogP contribution in [0.4, 0.5) is 0 Å². The van der Waals surface area contributed by atoms with Crippen molar-refractivity contribution in [2.75, 3.05) is 46.0 Å². The summed E-state index contributed by atoms with van der Waals surface area (Å²) in [5, 5.41) is 8.75. The molecule has 0 radical (unpaired) electrons. The summed E-state index contributed by atoms with van der Waals surface area (Å²) in [5.41, 5.74) is 2.72. The number of rotatable bonds is 6. The Morgan fingerprint density at radius 1 is 0.917 bits per heavy atom. The van der Waals surface area contributed by atoms with Gasteiger partial charge in [-0.05, 0) is 54.7 Å². The zero-order valence-electron chi connectivity index (χ0n) is 21.1. The molecule has 1 N–H and O–H groups in total. The van der Waals surface area contributed by atoms with Crippen LogP contribution in [0.5, 0.6) is 5.75 Å². The minimum absolute atomic E-state index is 0.120. The molecule has 0 unspecified atom stereocenters. The van der Waals surface area contributed by atoms with Crippen molar-refractivity contribution in [2.24, 2.45) is 5.41 Å². The molecule has 1 saturated heterocycles. The number of fused-ring (bicyclic) bond motifs is 1. The first-order valence-electron chi connectivity index (χ1n) is 13.1. The third-order valence-corrected chi connectivity index (χ3v) is 7.48. The summed E-state index contributed by atoms with van der Waals surface area (Å²) in [4.78, 5) is 27.6. The van der Waals surface area contributed by atoms with Crippen molar-refractivity contribution in [1.29, 1.82) is 0 Å². The second-order valence-electron chi connectivity index (χ2n) is 10.1. The number of likely N-dealkylation sites (tertiary alicyclic amines) is 1. The minimum atomic E-state index is -1.06. The van der Waals surface area contributed by atoms with Crippen molar-refractivity contribution in [3.8, 4) is 5.75 Å². The number of carbonyl (C=O) groups excluding carboxylic acids is 1. The fourth-order valence-corrected chi connectivity index (χ4v) is 5.52. The first-order valence-corrected chi connectivity index (χ1v) is 13.1. The maximum absolute atomic E-state index is 12.6. The van der Waals surface area contributed by atoms with E-state index in [0.717, 1.165) is 63.9 Å². The van der Waals surface area contributed by atoms with Crippen LogP contribution in [0.15, 0.2) is 54.6 Å². The molecule has 7 heteroatoms. The molecule has 0 bridgehead atoms. The van der Waals surface area contributed by atoms with Gasteiger partial charge in [0, 0.05) is 32.7 Å². The maximum atomic E-state index is 12.6. The van der Waals surface area contributed by atoms with Gasteiger partial charge < -0.3 is 19.5 Å². The van der Waals surface area contributed by atoms with Crippen LogP contribution in [0, 0.1) is 5.41 Å². The number of carboxylic acid groups (broad SMARTS) is 1. The first-order chi connectivity index (χ1) is 17.5. The molecule has 2 aromatic carbocycles. The van der Waals surface area contributed by atoms with Crippen LogP contribution >= 0.6 is 0 Å². The Kier molecular flexibility index (Phi) is 9.36. The number of hydrogen-bond acceptors (Lipinski definition) is 5. The van der Waals surface area contributed by atoms with E-state index in [0.29, 0.717) is 19.7 Å². The molecule has 7 nitrogen and oxygen atoms in total. The SMILES string of the molecule is O=C(O)COCC(=O)N1CCC2(CCCCc3ccccc3OCCN(Cc3ccccc3)C2)CC1. The number of piperidine rings is 1. The molecule has 194 valence electrons. The van der Waals surface area contributed by atoms with Crippen molar-refractivity contribution in [1.82, 2.24) is 9.80 Å². The summed E-state index contributed by atoms with van der Waals surface area (Å²) in [5.74, 6) is -0.173. The van der Waals surface area contributed by atoms with Crippen LogP contribution in [0.2, 0.25) is 0 Å². The molecular weight excluding hydrogens is 456 g/mol. The van der Waals surface area contributed by atoms with Crippen LogP contribution in [0.25, 0.3) is 0 Å². The van der Waals surface area contributed by atoms with Gasteiger partial charge in [0.1, 0.15) is 25.6 Å². The second-order valence-corrected chi connectivity index (χ2v) is 10.1. The topological polar surface area (TPSA) is 79.3 Å². The van der Waals surface area contributed by atoms with E-state index in [4.69, 9.17) is 14.6 Å². The highest BCUT2D eigenvalue weighted by Crippen LogP contribution is 2.38. The lowest BCUT2D eigenvalue weighted by molar-refractivity contribution is -0.146. The van der Waals surface area contributed by atoms with E-state index in [1.807, 2.05) is 17.0 Å². The molecule has 1 fully saturated rings. The van der Waals surface area contributed by atoms with Gasteiger partial charge in [0.25, 0.3) is 0 Å². The van der Waals surface area contributed by atoms with E-state index in [9.17, 15) is 9.59 Å². The molecule has 1 amide bonds. The van der Waals surface area contributed by atoms with Crippen LogP contribution in [-0.2, 0) is 27.3 Å². The summed E-state index contributed by atoms with van der Waals surface area (Å²) in [6.07, 6.45) is 6.31. The number of benzene rings is 2. The quantitative estimate of drug-likeness (QED) is 0.654. The predicted octanol–water partition coefficient (Wildman–Crippen LogP) is 4.00. The molecule has 0 saturated carbocycles. The molecule has 0 aromatic heterocycles. The standard InChI is InChI=1S/C29H38N2O5/c32-27(21-35-22-28(33)34)31-16-14-29(15-17-31)13-7-6-11-25-10-4-5-12-26(25)36-19-18-30(23-29)20-24-8-2-1-3-9-24/h1-5,8-10,12H,6-7,11,13-23H2,(H,33,34). The van der Waals surface area contributed by atoms with Crippen molar-refractivity contribution < 1.29 is 24.2 Å². The maximum Gasteiger partial charge on any atom is 0.329 e. The van der Waals surface area contributed by atoms with Crippen LogP contribution < -0.4 is 4.74 Å². The van der Waals surface area contributed by atoms with Crippen molar-refractivity contribution in [3.05, 3.63) is 65.7 Å². The summed E-state index contributed by atoms with van der Waals surface area (Å²) < 4.78 is 11.3. The zero-order chi connectivity index (χ0) is 25.2. The predicted molar refractivity (Wildman–Crippen MR) is 138 cm³/mol. The summed E-state index contributed by atoms with van der Waals surface area (Å²) in [6, 6.07) is 19.0. The van der Waals surface area contributed by atoms with Gasteiger partial charge in [-0.1, -0.05) is 55.0 Å². The smallest absolute Gasteiger partial charge is 0.329 e. The monoisotopic (exact) mass is 494 g/mol. The lowest BCUT2D eigenvalue weighted by Gasteiger charge is -2.45. The number of nitrogens with zero attached hydrogens (tertiary/aromatic N) is 2. The molecular formula is C29H38N2O5. The highest BCUT2D eigenvalue weighted by atomic mass is 16.5. The minimum Gasteiger partial charge on any atom is -0.492 e. The number of hydrogen-bond donors (Lipinski definition) is 1. The summed E-state index contributed by atoms with van der Waals surface area (Å²) in [7, 11) is 0. The van der Waals surface area contributed by atoms with Crippen LogP contribution in [-0.4, -0.2) is 72.8 Å². The van der Waals surface area contributed by atoms with Gasteiger partial charge in [-0.25, -0.2) is 4.79 Å². The van der Waals surface area contributed by atoms with E-state index in [1.54, 1.807) is 0 Å². The molecule has 2 heterocycles. The first kappa shape index (κ1) is 26.2. The fourth-order valence-electron chi connectivity index (χ4n) is 5.52. The Bertz CT molecular complexity index is 988. The number of carboxylic acids is 1. The Hall–Kier alpha value is -2.90. The molecule has 2 aliphatic heterocycles. The molecule has 2 aliphatic rings. The average Bonchev–Trinajstić information content (AvgIpc) is 2.87. The number of carbonyl (C=O) groups is 2. The summed E-state index contributed by atoms with van der Waals surface area (Å²) in [6.45, 7) is 4.10. The number of amides is 1. The second kappa shape index (κ2) is 12.9. The third-order valence-electron chi connectivity index (χ3n) is 7.48. The molecule has 2 aromatic rings. The lowest BCUT2D eigenvalue weighted by Crippen LogP contribution is -2.49. The number of aliphatic carboxylic acids is 1.